The Morgan fingerprint density at radius 2 is 2.29 bits per heavy atom. The number of aryl methyl sites for hydroxylation is 2. The van der Waals surface area contributed by atoms with Crippen LogP contribution in [0.25, 0.3) is 10.3 Å². The van der Waals surface area contributed by atoms with Gasteiger partial charge in [-0.15, -0.1) is 0 Å². The Balaban J connectivity index is 1.97. The lowest BCUT2D eigenvalue weighted by atomic mass is 10.2. The third kappa shape index (κ3) is 1.81. The van der Waals surface area contributed by atoms with Gasteiger partial charge in [0.15, 0.2) is 10.8 Å². The molecular weight excluding hydrogens is 234 g/mol. The molecule has 1 atom stereocenters. The smallest absolute Gasteiger partial charge is 0.188 e. The van der Waals surface area contributed by atoms with E-state index in [4.69, 9.17) is 4.98 Å². The van der Waals surface area contributed by atoms with Gasteiger partial charge >= 0.3 is 0 Å². The molecule has 0 bridgehead atoms. The summed E-state index contributed by atoms with van der Waals surface area (Å²) in [6, 6.07) is 0.537. The summed E-state index contributed by atoms with van der Waals surface area (Å²) in [7, 11) is 1.96. The van der Waals surface area contributed by atoms with Crippen LogP contribution < -0.4 is 10.2 Å². The molecule has 6 heteroatoms. The maximum absolute atomic E-state index is 4.71. The predicted octanol–water partition coefficient (Wildman–Crippen LogP) is 1.14. The zero-order valence-corrected chi connectivity index (χ0v) is 11.2. The van der Waals surface area contributed by atoms with Crippen LogP contribution in [-0.2, 0) is 7.05 Å². The number of hydrogen-bond acceptors (Lipinski definition) is 5. The van der Waals surface area contributed by atoms with Gasteiger partial charge < -0.3 is 10.2 Å². The largest absolute Gasteiger partial charge is 0.345 e. The molecule has 1 fully saturated rings. The monoisotopic (exact) mass is 251 g/mol. The zero-order valence-electron chi connectivity index (χ0n) is 10.4. The second-order valence-corrected chi connectivity index (χ2v) is 5.64. The zero-order chi connectivity index (χ0) is 12.0. The van der Waals surface area contributed by atoms with Crippen LogP contribution in [0.5, 0.6) is 0 Å². The van der Waals surface area contributed by atoms with E-state index in [1.807, 2.05) is 18.7 Å². The molecule has 1 aliphatic heterocycles. The molecule has 2 aromatic heterocycles. The first-order valence-electron chi connectivity index (χ1n) is 5.93. The van der Waals surface area contributed by atoms with Crippen molar-refractivity contribution in [1.82, 2.24) is 20.1 Å². The van der Waals surface area contributed by atoms with E-state index in [-0.39, 0.29) is 0 Å². The quantitative estimate of drug-likeness (QED) is 0.825. The van der Waals surface area contributed by atoms with Gasteiger partial charge in [0.1, 0.15) is 0 Å². The molecular formula is C11H17N5S. The van der Waals surface area contributed by atoms with Crippen LogP contribution in [0.1, 0.15) is 12.6 Å². The van der Waals surface area contributed by atoms with Crippen LogP contribution in [0.4, 0.5) is 5.13 Å². The molecule has 0 radical (unpaired) electrons. The minimum atomic E-state index is 0.537. The summed E-state index contributed by atoms with van der Waals surface area (Å²) in [6.45, 7) is 7.37. The van der Waals surface area contributed by atoms with Gasteiger partial charge in [0.25, 0.3) is 0 Å². The van der Waals surface area contributed by atoms with Crippen LogP contribution in [-0.4, -0.2) is 40.4 Å². The van der Waals surface area contributed by atoms with Crippen molar-refractivity contribution in [2.45, 2.75) is 19.9 Å². The highest BCUT2D eigenvalue weighted by atomic mass is 32.1. The highest BCUT2D eigenvalue weighted by Crippen LogP contribution is 2.30. The molecule has 0 amide bonds. The molecule has 0 unspecified atom stereocenters. The second kappa shape index (κ2) is 3.96. The highest BCUT2D eigenvalue weighted by Gasteiger charge is 2.20. The molecule has 0 spiro atoms. The maximum atomic E-state index is 4.71. The summed E-state index contributed by atoms with van der Waals surface area (Å²) in [6.07, 6.45) is 0. The number of nitrogens with zero attached hydrogens (tertiary/aromatic N) is 4. The molecule has 3 rings (SSSR count). The lowest BCUT2D eigenvalue weighted by molar-refractivity contribution is 0.484. The molecule has 92 valence electrons. The fourth-order valence-electron chi connectivity index (χ4n) is 2.32. The van der Waals surface area contributed by atoms with Crippen molar-refractivity contribution in [3.63, 3.8) is 0 Å². The summed E-state index contributed by atoms with van der Waals surface area (Å²) in [5.41, 5.74) is 2.09. The van der Waals surface area contributed by atoms with Gasteiger partial charge in [0.2, 0.25) is 0 Å². The Hall–Kier alpha value is -1.14. The fourth-order valence-corrected chi connectivity index (χ4v) is 3.38. The highest BCUT2D eigenvalue weighted by molar-refractivity contribution is 7.22. The molecule has 1 aliphatic rings. The number of aromatic nitrogens is 3. The summed E-state index contributed by atoms with van der Waals surface area (Å²) in [5.74, 6) is 0. The van der Waals surface area contributed by atoms with Crippen molar-refractivity contribution >= 4 is 26.8 Å². The molecule has 1 saturated heterocycles. The molecule has 3 heterocycles. The van der Waals surface area contributed by atoms with Crippen LogP contribution in [0.2, 0.25) is 0 Å². The van der Waals surface area contributed by atoms with Gasteiger partial charge in [-0.2, -0.15) is 5.10 Å². The van der Waals surface area contributed by atoms with Gasteiger partial charge in [-0.1, -0.05) is 11.3 Å². The lowest BCUT2D eigenvalue weighted by Gasteiger charge is -2.31. The summed E-state index contributed by atoms with van der Waals surface area (Å²) >= 11 is 1.76. The number of fused-ring (bicyclic) bond motifs is 1. The average molecular weight is 251 g/mol. The molecule has 17 heavy (non-hydrogen) atoms. The van der Waals surface area contributed by atoms with E-state index in [2.05, 4.69) is 22.2 Å². The fraction of sp³-hybridized carbons (Fsp3) is 0.636. The van der Waals surface area contributed by atoms with Crippen molar-refractivity contribution in [3.05, 3.63) is 5.69 Å². The molecule has 0 saturated carbocycles. The molecule has 0 aliphatic carbocycles. The van der Waals surface area contributed by atoms with E-state index in [0.29, 0.717) is 6.04 Å². The third-order valence-electron chi connectivity index (χ3n) is 3.17. The first-order valence-corrected chi connectivity index (χ1v) is 6.75. The predicted molar refractivity (Wildman–Crippen MR) is 70.8 cm³/mol. The Kier molecular flexibility index (Phi) is 2.56. The van der Waals surface area contributed by atoms with E-state index in [1.54, 1.807) is 11.3 Å². The van der Waals surface area contributed by atoms with Crippen molar-refractivity contribution in [2.75, 3.05) is 24.5 Å². The minimum absolute atomic E-state index is 0.537. The SMILES string of the molecule is Cc1nn(C)c2nc(N3CCN[C@H](C)C3)sc12. The summed E-state index contributed by atoms with van der Waals surface area (Å²) in [4.78, 5) is 7.07. The van der Waals surface area contributed by atoms with Crippen molar-refractivity contribution in [3.8, 4) is 0 Å². The van der Waals surface area contributed by atoms with Gasteiger partial charge in [-0.25, -0.2) is 9.67 Å². The van der Waals surface area contributed by atoms with E-state index in [1.165, 1.54) is 4.70 Å². The van der Waals surface area contributed by atoms with Crippen LogP contribution in [0.15, 0.2) is 0 Å². The van der Waals surface area contributed by atoms with Gasteiger partial charge in [0.05, 0.1) is 10.4 Å². The number of anilines is 1. The van der Waals surface area contributed by atoms with Crippen molar-refractivity contribution in [1.29, 1.82) is 0 Å². The first-order chi connectivity index (χ1) is 8.15. The first kappa shape index (κ1) is 11.0. The number of rotatable bonds is 1. The average Bonchev–Trinajstić information content (AvgIpc) is 2.82. The Morgan fingerprint density at radius 1 is 1.47 bits per heavy atom. The normalized spacial score (nSPS) is 21.4. The lowest BCUT2D eigenvalue weighted by Crippen LogP contribution is -2.49. The van der Waals surface area contributed by atoms with Crippen molar-refractivity contribution < 1.29 is 0 Å². The van der Waals surface area contributed by atoms with Crippen LogP contribution >= 0.6 is 11.3 Å². The molecule has 2 aromatic rings. The summed E-state index contributed by atoms with van der Waals surface area (Å²) in [5, 5.41) is 8.96. The second-order valence-electron chi connectivity index (χ2n) is 4.66. The molecule has 1 N–H and O–H groups in total. The van der Waals surface area contributed by atoms with E-state index < -0.39 is 0 Å². The van der Waals surface area contributed by atoms with Crippen molar-refractivity contribution in [2.24, 2.45) is 7.05 Å². The van der Waals surface area contributed by atoms with Gasteiger partial charge in [-0.3, -0.25) is 0 Å². The topological polar surface area (TPSA) is 46.0 Å². The van der Waals surface area contributed by atoms with Crippen LogP contribution in [0.3, 0.4) is 0 Å². The van der Waals surface area contributed by atoms with Crippen LogP contribution in [0, 0.1) is 6.92 Å². The van der Waals surface area contributed by atoms with E-state index in [0.717, 1.165) is 36.1 Å². The number of nitrogens with one attached hydrogen (secondary N) is 1. The molecule has 0 aromatic carbocycles. The standard InChI is InChI=1S/C11H17N5S/c1-7-6-16(5-4-12-7)11-13-10-9(17-11)8(2)14-15(10)3/h7,12H,4-6H2,1-3H3/t7-/m1/s1. The number of hydrogen-bond donors (Lipinski definition) is 1. The Bertz CT molecular complexity index is 509. The van der Waals surface area contributed by atoms with Gasteiger partial charge in [0, 0.05) is 32.7 Å². The Labute approximate surface area is 104 Å². The number of thiazole rings is 1. The molecule has 5 nitrogen and oxygen atoms in total. The minimum Gasteiger partial charge on any atom is -0.345 e. The van der Waals surface area contributed by atoms with E-state index in [9.17, 15) is 0 Å². The number of piperazine rings is 1. The third-order valence-corrected chi connectivity index (χ3v) is 4.39. The maximum Gasteiger partial charge on any atom is 0.188 e. The van der Waals surface area contributed by atoms with Gasteiger partial charge in [-0.05, 0) is 13.8 Å². The summed E-state index contributed by atoms with van der Waals surface area (Å²) < 4.78 is 3.09. The van der Waals surface area contributed by atoms with E-state index >= 15 is 0 Å². The Morgan fingerprint density at radius 3 is 3.00 bits per heavy atom.